The lowest BCUT2D eigenvalue weighted by molar-refractivity contribution is 0.295. The van der Waals surface area contributed by atoms with E-state index in [-0.39, 0.29) is 18.2 Å². The molecule has 0 N–H and O–H groups in total. The van der Waals surface area contributed by atoms with Crippen molar-refractivity contribution < 1.29 is 13.5 Å². The number of allylic oxidation sites excluding steroid dienone is 1. The molecule has 0 spiro atoms. The molecule has 3 rings (SSSR count). The third-order valence-electron chi connectivity index (χ3n) is 3.92. The molecular formula is C22H13F2I2NO. The molecule has 0 atom stereocenters. The van der Waals surface area contributed by atoms with E-state index in [0.29, 0.717) is 22.4 Å². The Labute approximate surface area is 189 Å². The van der Waals surface area contributed by atoms with Crippen LogP contribution in [0.15, 0.2) is 60.7 Å². The molecule has 0 radical (unpaired) electrons. The molecule has 0 bridgehead atoms. The van der Waals surface area contributed by atoms with Gasteiger partial charge in [0.2, 0.25) is 0 Å². The number of benzene rings is 3. The molecule has 2 nitrogen and oxygen atoms in total. The third kappa shape index (κ3) is 5.08. The molecule has 6 heteroatoms. The van der Waals surface area contributed by atoms with Crippen LogP contribution in [-0.2, 0) is 6.61 Å². The maximum Gasteiger partial charge on any atom is 0.146 e. The van der Waals surface area contributed by atoms with Gasteiger partial charge in [-0.25, -0.2) is 8.78 Å². The van der Waals surface area contributed by atoms with E-state index in [0.717, 1.165) is 12.7 Å². The predicted octanol–water partition coefficient (Wildman–Crippen LogP) is 6.82. The van der Waals surface area contributed by atoms with Gasteiger partial charge in [-0.15, -0.1) is 0 Å². The Hall–Kier alpha value is -1.99. The molecule has 0 aliphatic heterocycles. The lowest BCUT2D eigenvalue weighted by Crippen LogP contribution is -2.01. The van der Waals surface area contributed by atoms with Crippen LogP contribution < -0.4 is 4.74 Å². The lowest BCUT2D eigenvalue weighted by atomic mass is 10.0. The van der Waals surface area contributed by atoms with Crippen LogP contribution in [0.5, 0.6) is 5.75 Å². The van der Waals surface area contributed by atoms with Gasteiger partial charge in [-0.3, -0.25) is 0 Å². The molecule has 3 aromatic rings. The van der Waals surface area contributed by atoms with Gasteiger partial charge in [0, 0.05) is 5.56 Å². The smallest absolute Gasteiger partial charge is 0.146 e. The number of halogens is 4. The number of nitriles is 1. The highest BCUT2D eigenvalue weighted by Gasteiger charge is 2.11. The van der Waals surface area contributed by atoms with E-state index in [1.165, 1.54) is 18.2 Å². The van der Waals surface area contributed by atoms with E-state index in [1.54, 1.807) is 36.4 Å². The third-order valence-corrected chi connectivity index (χ3v) is 5.52. The van der Waals surface area contributed by atoms with Crippen LogP contribution >= 0.6 is 45.2 Å². The minimum atomic E-state index is -0.389. The van der Waals surface area contributed by atoms with Gasteiger partial charge in [-0.1, -0.05) is 30.3 Å². The van der Waals surface area contributed by atoms with Crippen LogP contribution in [0.25, 0.3) is 11.6 Å². The molecule has 0 amide bonds. The molecule has 0 unspecified atom stereocenters. The lowest BCUT2D eigenvalue weighted by Gasteiger charge is -2.12. The number of hydrogen-bond acceptors (Lipinski definition) is 2. The van der Waals surface area contributed by atoms with E-state index in [9.17, 15) is 14.0 Å². The molecule has 3 aromatic carbocycles. The maximum absolute atomic E-state index is 13.8. The molecule has 0 heterocycles. The van der Waals surface area contributed by atoms with E-state index in [2.05, 4.69) is 51.3 Å². The van der Waals surface area contributed by atoms with E-state index in [4.69, 9.17) is 4.74 Å². The van der Waals surface area contributed by atoms with Gasteiger partial charge in [-0.2, -0.15) is 5.26 Å². The summed E-state index contributed by atoms with van der Waals surface area (Å²) in [7, 11) is 0. The molecule has 0 fully saturated rings. The molecule has 0 saturated carbocycles. The second-order valence-electron chi connectivity index (χ2n) is 5.87. The van der Waals surface area contributed by atoms with Crippen LogP contribution in [-0.4, -0.2) is 0 Å². The Kier molecular flexibility index (Phi) is 7.02. The minimum absolute atomic E-state index is 0.126. The highest BCUT2D eigenvalue weighted by Crippen LogP contribution is 2.31. The Morgan fingerprint density at radius 2 is 1.71 bits per heavy atom. The first-order valence-electron chi connectivity index (χ1n) is 8.21. The zero-order valence-electron chi connectivity index (χ0n) is 14.4. The van der Waals surface area contributed by atoms with Crippen LogP contribution in [0.4, 0.5) is 8.78 Å². The summed E-state index contributed by atoms with van der Waals surface area (Å²) in [5.41, 5.74) is 2.17. The molecule has 28 heavy (non-hydrogen) atoms. The van der Waals surface area contributed by atoms with Gasteiger partial charge >= 0.3 is 0 Å². The zero-order chi connectivity index (χ0) is 20.1. The van der Waals surface area contributed by atoms with Crippen LogP contribution in [0.1, 0.15) is 16.7 Å². The average Bonchev–Trinajstić information content (AvgIpc) is 2.66. The first-order chi connectivity index (χ1) is 13.5. The summed E-state index contributed by atoms with van der Waals surface area (Å²) in [6.45, 7) is 0.126. The van der Waals surface area contributed by atoms with Gasteiger partial charge in [0.15, 0.2) is 0 Å². The van der Waals surface area contributed by atoms with Crippen LogP contribution in [0, 0.1) is 30.1 Å². The van der Waals surface area contributed by atoms with Crippen molar-refractivity contribution >= 4 is 56.8 Å². The Morgan fingerprint density at radius 1 is 1.00 bits per heavy atom. The van der Waals surface area contributed by atoms with Crippen molar-refractivity contribution in [3.05, 3.63) is 96.1 Å². The first kappa shape index (κ1) is 20.7. The Balaban J connectivity index is 1.87. The second-order valence-corrected chi connectivity index (χ2v) is 8.20. The summed E-state index contributed by atoms with van der Waals surface area (Å²) in [6.07, 6.45) is 1.71. The van der Waals surface area contributed by atoms with Crippen molar-refractivity contribution in [3.8, 4) is 11.8 Å². The molecule has 0 aliphatic carbocycles. The quantitative estimate of drug-likeness (QED) is 0.183. The molecule has 0 aromatic heterocycles. The number of rotatable bonds is 5. The van der Waals surface area contributed by atoms with Crippen molar-refractivity contribution in [2.75, 3.05) is 0 Å². The predicted molar refractivity (Wildman–Crippen MR) is 122 cm³/mol. The van der Waals surface area contributed by atoms with Crippen LogP contribution in [0.2, 0.25) is 0 Å². The Morgan fingerprint density at radius 3 is 2.36 bits per heavy atom. The molecule has 140 valence electrons. The van der Waals surface area contributed by atoms with E-state index < -0.39 is 0 Å². The highest BCUT2D eigenvalue weighted by atomic mass is 127. The summed E-state index contributed by atoms with van der Waals surface area (Å²) in [4.78, 5) is 0. The number of ether oxygens (including phenoxy) is 1. The van der Waals surface area contributed by atoms with Crippen molar-refractivity contribution in [1.82, 2.24) is 0 Å². The standard InChI is InChI=1S/C22H13F2I2NO/c23-18-6-3-5-15(11-18)17(12-27)8-14-9-20(25)22(21(26)10-14)28-13-16-4-1-2-7-19(16)24/h1-11H,13H2/b17-8-. The van der Waals surface area contributed by atoms with Crippen molar-refractivity contribution in [2.45, 2.75) is 6.61 Å². The number of nitrogens with zero attached hydrogens (tertiary/aromatic N) is 1. The summed E-state index contributed by atoms with van der Waals surface area (Å²) < 4.78 is 34.7. The van der Waals surface area contributed by atoms with E-state index >= 15 is 0 Å². The number of hydrogen-bond donors (Lipinski definition) is 0. The topological polar surface area (TPSA) is 33.0 Å². The van der Waals surface area contributed by atoms with Gasteiger partial charge in [0.25, 0.3) is 0 Å². The minimum Gasteiger partial charge on any atom is -0.487 e. The SMILES string of the molecule is N#C/C(=C/c1cc(I)c(OCc2ccccc2F)c(I)c1)c1cccc(F)c1. The molecule has 0 saturated heterocycles. The fraction of sp³-hybridized carbons (Fsp3) is 0.0455. The van der Waals surface area contributed by atoms with Gasteiger partial charge in [0.1, 0.15) is 24.0 Å². The van der Waals surface area contributed by atoms with Gasteiger partial charge in [0.05, 0.1) is 18.8 Å². The fourth-order valence-corrected chi connectivity index (χ4v) is 4.70. The summed E-state index contributed by atoms with van der Waals surface area (Å²) in [5, 5.41) is 9.46. The highest BCUT2D eigenvalue weighted by molar-refractivity contribution is 14.1. The summed E-state index contributed by atoms with van der Waals surface area (Å²) in [5.74, 6) is -0.0357. The largest absolute Gasteiger partial charge is 0.487 e. The van der Waals surface area contributed by atoms with E-state index in [1.807, 2.05) is 12.1 Å². The summed E-state index contributed by atoms with van der Waals surface area (Å²) in [6, 6.07) is 18.3. The summed E-state index contributed by atoms with van der Waals surface area (Å²) >= 11 is 4.29. The monoisotopic (exact) mass is 599 g/mol. The van der Waals surface area contributed by atoms with Gasteiger partial charge < -0.3 is 4.74 Å². The Bertz CT molecular complexity index is 1070. The van der Waals surface area contributed by atoms with Crippen LogP contribution in [0.3, 0.4) is 0 Å². The van der Waals surface area contributed by atoms with Crippen molar-refractivity contribution in [2.24, 2.45) is 0 Å². The first-order valence-corrected chi connectivity index (χ1v) is 10.4. The second kappa shape index (κ2) is 9.47. The van der Waals surface area contributed by atoms with Crippen molar-refractivity contribution in [1.29, 1.82) is 5.26 Å². The normalized spacial score (nSPS) is 11.2. The fourth-order valence-electron chi connectivity index (χ4n) is 2.57. The van der Waals surface area contributed by atoms with Crippen molar-refractivity contribution in [3.63, 3.8) is 0 Å². The molecular weight excluding hydrogens is 586 g/mol. The zero-order valence-corrected chi connectivity index (χ0v) is 18.7. The average molecular weight is 599 g/mol. The maximum atomic E-state index is 13.8. The van der Waals surface area contributed by atoms with Gasteiger partial charge in [-0.05, 0) is 92.7 Å². The molecule has 0 aliphatic rings.